The first-order valence-electron chi connectivity index (χ1n) is 7.93. The van der Waals surface area contributed by atoms with E-state index in [1.165, 1.54) is 0 Å². The van der Waals surface area contributed by atoms with Crippen molar-refractivity contribution in [1.82, 2.24) is 0 Å². The van der Waals surface area contributed by atoms with Gasteiger partial charge in [-0.25, -0.2) is 4.79 Å². The van der Waals surface area contributed by atoms with Gasteiger partial charge in [0.25, 0.3) is 5.91 Å². The molecule has 1 amide bonds. The number of nitrogens with one attached hydrogen (secondary N) is 1. The molecule has 0 aliphatic rings. The first kappa shape index (κ1) is 15.6. The average Bonchev–Trinajstić information content (AvgIpc) is 2.67. The van der Waals surface area contributed by atoms with Crippen LogP contribution < -0.4 is 10.9 Å². The van der Waals surface area contributed by atoms with Crippen LogP contribution in [0.2, 0.25) is 0 Å². The van der Waals surface area contributed by atoms with Crippen LogP contribution in [0.15, 0.2) is 75.9 Å². The zero-order chi connectivity index (χ0) is 18.1. The van der Waals surface area contributed by atoms with Crippen LogP contribution in [-0.4, -0.2) is 5.91 Å². The fourth-order valence-electron chi connectivity index (χ4n) is 2.86. The quantitative estimate of drug-likeness (QED) is 0.440. The maximum atomic E-state index is 12.5. The number of benzene rings is 3. The van der Waals surface area contributed by atoms with Crippen LogP contribution in [0.1, 0.15) is 15.9 Å². The van der Waals surface area contributed by atoms with Gasteiger partial charge < -0.3 is 9.73 Å². The Morgan fingerprint density at radius 3 is 2.50 bits per heavy atom. The number of carbonyl (C=O) groups excluding carboxylic acids is 1. The molecule has 1 aromatic heterocycles. The summed E-state index contributed by atoms with van der Waals surface area (Å²) in [4.78, 5) is 24.8. The number of carbonyl (C=O) groups is 1. The van der Waals surface area contributed by atoms with E-state index in [0.29, 0.717) is 22.2 Å². The Balaban J connectivity index is 1.78. The van der Waals surface area contributed by atoms with Crippen molar-refractivity contribution in [3.8, 4) is 6.07 Å². The third-order valence-electron chi connectivity index (χ3n) is 4.16. The zero-order valence-corrected chi connectivity index (χ0v) is 13.5. The number of nitriles is 1. The van der Waals surface area contributed by atoms with Gasteiger partial charge in [0.15, 0.2) is 0 Å². The Morgan fingerprint density at radius 2 is 1.73 bits per heavy atom. The highest BCUT2D eigenvalue weighted by atomic mass is 16.4. The van der Waals surface area contributed by atoms with Crippen molar-refractivity contribution in [2.75, 3.05) is 5.32 Å². The van der Waals surface area contributed by atoms with E-state index in [9.17, 15) is 9.59 Å². The van der Waals surface area contributed by atoms with E-state index in [4.69, 9.17) is 9.68 Å². The van der Waals surface area contributed by atoms with Gasteiger partial charge in [-0.3, -0.25) is 4.79 Å². The molecular weight excluding hydrogens is 328 g/mol. The van der Waals surface area contributed by atoms with E-state index in [-0.39, 0.29) is 5.56 Å². The number of amides is 1. The highest BCUT2D eigenvalue weighted by molar-refractivity contribution is 6.10. The molecule has 3 aromatic carbocycles. The van der Waals surface area contributed by atoms with Crippen LogP contribution in [0.5, 0.6) is 0 Å². The molecule has 0 aliphatic carbocycles. The normalized spacial score (nSPS) is 10.6. The summed E-state index contributed by atoms with van der Waals surface area (Å²) < 4.78 is 5.34. The van der Waals surface area contributed by atoms with Gasteiger partial charge in [0, 0.05) is 11.1 Å². The van der Waals surface area contributed by atoms with E-state index < -0.39 is 11.5 Å². The predicted molar refractivity (Wildman–Crippen MR) is 99.1 cm³/mol. The third-order valence-corrected chi connectivity index (χ3v) is 4.16. The second-order valence-corrected chi connectivity index (χ2v) is 5.79. The second-order valence-electron chi connectivity index (χ2n) is 5.79. The molecule has 5 heteroatoms. The monoisotopic (exact) mass is 340 g/mol. The van der Waals surface area contributed by atoms with Gasteiger partial charge in [-0.1, -0.05) is 30.3 Å². The molecule has 1 heterocycles. The lowest BCUT2D eigenvalue weighted by atomic mass is 10.0. The summed E-state index contributed by atoms with van der Waals surface area (Å²) in [7, 11) is 0. The minimum absolute atomic E-state index is 0.0711. The van der Waals surface area contributed by atoms with Crippen molar-refractivity contribution in [1.29, 1.82) is 5.26 Å². The van der Waals surface area contributed by atoms with Crippen molar-refractivity contribution in [2.24, 2.45) is 0 Å². The fourth-order valence-corrected chi connectivity index (χ4v) is 2.86. The highest BCUT2D eigenvalue weighted by Gasteiger charge is 2.15. The van der Waals surface area contributed by atoms with Gasteiger partial charge in [0.05, 0.1) is 11.6 Å². The summed E-state index contributed by atoms with van der Waals surface area (Å²) in [5.41, 5.74) is 0.645. The molecular formula is C21H12N2O3. The number of fused-ring (bicyclic) bond motifs is 3. The van der Waals surface area contributed by atoms with E-state index >= 15 is 0 Å². The molecule has 0 aliphatic heterocycles. The third kappa shape index (κ3) is 2.70. The van der Waals surface area contributed by atoms with E-state index in [1.54, 1.807) is 36.4 Å². The van der Waals surface area contributed by atoms with Gasteiger partial charge in [0.2, 0.25) is 0 Å². The molecule has 0 saturated carbocycles. The highest BCUT2D eigenvalue weighted by Crippen LogP contribution is 2.25. The first-order chi connectivity index (χ1) is 12.7. The van der Waals surface area contributed by atoms with Gasteiger partial charge in [-0.2, -0.15) is 5.26 Å². The molecule has 5 nitrogen and oxygen atoms in total. The first-order valence-corrected chi connectivity index (χ1v) is 7.93. The molecule has 0 fully saturated rings. The molecule has 26 heavy (non-hydrogen) atoms. The average molecular weight is 340 g/mol. The van der Waals surface area contributed by atoms with Crippen molar-refractivity contribution < 1.29 is 9.21 Å². The molecule has 0 radical (unpaired) electrons. The van der Waals surface area contributed by atoms with Crippen molar-refractivity contribution in [2.45, 2.75) is 0 Å². The minimum Gasteiger partial charge on any atom is -0.422 e. The molecule has 0 spiro atoms. The van der Waals surface area contributed by atoms with Gasteiger partial charge >= 0.3 is 5.63 Å². The van der Waals surface area contributed by atoms with Crippen LogP contribution in [-0.2, 0) is 0 Å². The predicted octanol–water partition coefficient (Wildman–Crippen LogP) is 4.07. The summed E-state index contributed by atoms with van der Waals surface area (Å²) in [5.74, 6) is -0.557. The Bertz CT molecular complexity index is 1250. The van der Waals surface area contributed by atoms with Crippen LogP contribution in [0, 0.1) is 11.3 Å². The molecule has 0 bridgehead atoms. The standard InChI is InChI=1S/C21H12N2O3/c22-12-13-5-8-15(9-6-13)23-20(24)18-11-17-16-4-2-1-3-14(16)7-10-19(17)26-21(18)25/h1-11H,(H,23,24). The van der Waals surface area contributed by atoms with Crippen molar-refractivity contribution >= 4 is 33.3 Å². The van der Waals surface area contributed by atoms with Crippen LogP contribution >= 0.6 is 0 Å². The summed E-state index contributed by atoms with van der Waals surface area (Å²) in [5, 5.41) is 14.1. The molecule has 124 valence electrons. The Hall–Kier alpha value is -3.91. The minimum atomic E-state index is -0.695. The maximum absolute atomic E-state index is 12.5. The summed E-state index contributed by atoms with van der Waals surface area (Å²) in [6, 6.07) is 21.2. The number of nitrogens with zero attached hydrogens (tertiary/aromatic N) is 1. The Labute approximate surface area is 148 Å². The topological polar surface area (TPSA) is 83.1 Å². The molecule has 0 atom stereocenters. The molecule has 0 saturated heterocycles. The van der Waals surface area contributed by atoms with Crippen LogP contribution in [0.4, 0.5) is 5.69 Å². The van der Waals surface area contributed by atoms with Crippen LogP contribution in [0.25, 0.3) is 21.7 Å². The maximum Gasteiger partial charge on any atom is 0.349 e. The second kappa shape index (κ2) is 6.19. The van der Waals surface area contributed by atoms with Gasteiger partial charge in [0.1, 0.15) is 11.1 Å². The summed E-state index contributed by atoms with van der Waals surface area (Å²) in [6.07, 6.45) is 0. The van der Waals surface area contributed by atoms with Crippen LogP contribution in [0.3, 0.4) is 0 Å². The van der Waals surface area contributed by atoms with E-state index in [0.717, 1.165) is 10.8 Å². The molecule has 4 aromatic rings. The SMILES string of the molecule is N#Cc1ccc(NC(=O)c2cc3c(ccc4ccccc43)oc2=O)cc1. The molecule has 1 N–H and O–H groups in total. The van der Waals surface area contributed by atoms with Gasteiger partial charge in [-0.15, -0.1) is 0 Å². The smallest absolute Gasteiger partial charge is 0.349 e. The Kier molecular flexibility index (Phi) is 3.71. The van der Waals surface area contributed by atoms with Crippen molar-refractivity contribution in [3.05, 3.63) is 88.3 Å². The fraction of sp³-hybridized carbons (Fsp3) is 0. The van der Waals surface area contributed by atoms with E-state index in [2.05, 4.69) is 5.32 Å². The molecule has 0 unspecified atom stereocenters. The Morgan fingerprint density at radius 1 is 0.962 bits per heavy atom. The number of hydrogen-bond donors (Lipinski definition) is 1. The summed E-state index contributed by atoms with van der Waals surface area (Å²) in [6.45, 7) is 0. The summed E-state index contributed by atoms with van der Waals surface area (Å²) >= 11 is 0. The van der Waals surface area contributed by atoms with E-state index in [1.807, 2.05) is 36.4 Å². The largest absolute Gasteiger partial charge is 0.422 e. The number of anilines is 1. The molecule has 4 rings (SSSR count). The van der Waals surface area contributed by atoms with Crippen molar-refractivity contribution in [3.63, 3.8) is 0 Å². The van der Waals surface area contributed by atoms with Gasteiger partial charge in [-0.05, 0) is 47.2 Å². The lowest BCUT2D eigenvalue weighted by Gasteiger charge is -2.07. The number of hydrogen-bond acceptors (Lipinski definition) is 4. The number of rotatable bonds is 2. The zero-order valence-electron chi connectivity index (χ0n) is 13.5. The lowest BCUT2D eigenvalue weighted by Crippen LogP contribution is -2.20. The lowest BCUT2D eigenvalue weighted by molar-refractivity contribution is 0.102.